The summed E-state index contributed by atoms with van der Waals surface area (Å²) >= 11 is 0. The number of ether oxygens (including phenoxy) is 2. The number of alkyl halides is 1. The number of fused-ring (bicyclic) bond motifs is 1. The molecule has 2 aromatic carbocycles. The Labute approximate surface area is 158 Å². The zero-order valence-electron chi connectivity index (χ0n) is 15.9. The van der Waals surface area contributed by atoms with Crippen LogP contribution in [-0.4, -0.2) is 23.0 Å². The van der Waals surface area contributed by atoms with Gasteiger partial charge in [0.15, 0.2) is 0 Å². The Bertz CT molecular complexity index is 935. The van der Waals surface area contributed by atoms with Crippen LogP contribution in [-0.2, 0) is 16.1 Å². The fraction of sp³-hybridized carbons (Fsp3) is 0.318. The SMILES string of the molecule is CCOC(=O)C(F)(CC)Oc1cccc2c1cc(C)n2Cc1ccccc1. The molecule has 3 rings (SSSR count). The second-order valence-electron chi connectivity index (χ2n) is 6.45. The summed E-state index contributed by atoms with van der Waals surface area (Å²) in [6, 6.07) is 17.5. The van der Waals surface area contributed by atoms with Crippen LogP contribution in [0.5, 0.6) is 5.75 Å². The molecule has 0 saturated carbocycles. The van der Waals surface area contributed by atoms with Gasteiger partial charge in [-0.05, 0) is 37.6 Å². The average molecular weight is 369 g/mol. The Hall–Kier alpha value is -2.82. The van der Waals surface area contributed by atoms with Gasteiger partial charge in [-0.3, -0.25) is 0 Å². The first-order valence-electron chi connectivity index (χ1n) is 9.16. The van der Waals surface area contributed by atoms with E-state index >= 15 is 4.39 Å². The monoisotopic (exact) mass is 369 g/mol. The molecule has 1 atom stereocenters. The van der Waals surface area contributed by atoms with Crippen molar-refractivity contribution in [3.05, 3.63) is 65.9 Å². The van der Waals surface area contributed by atoms with Crippen LogP contribution < -0.4 is 4.74 Å². The van der Waals surface area contributed by atoms with E-state index in [1.807, 2.05) is 37.3 Å². The molecule has 0 aliphatic heterocycles. The summed E-state index contributed by atoms with van der Waals surface area (Å²) in [5.41, 5.74) is 3.13. The predicted molar refractivity (Wildman–Crippen MR) is 104 cm³/mol. The van der Waals surface area contributed by atoms with Gasteiger partial charge in [0.25, 0.3) is 0 Å². The van der Waals surface area contributed by atoms with Gasteiger partial charge in [0.05, 0.1) is 12.1 Å². The van der Waals surface area contributed by atoms with E-state index in [9.17, 15) is 4.79 Å². The Kier molecular flexibility index (Phi) is 5.49. The molecule has 0 aliphatic carbocycles. The number of carbonyl (C=O) groups excluding carboxylic acids is 1. The van der Waals surface area contributed by atoms with E-state index in [1.54, 1.807) is 26.0 Å². The second kappa shape index (κ2) is 7.82. The number of esters is 1. The Morgan fingerprint density at radius 2 is 1.85 bits per heavy atom. The number of carbonyl (C=O) groups is 1. The first-order chi connectivity index (χ1) is 13.0. The maximum Gasteiger partial charge on any atom is 0.384 e. The molecule has 1 heterocycles. The van der Waals surface area contributed by atoms with Gasteiger partial charge in [0.2, 0.25) is 0 Å². The molecule has 142 valence electrons. The fourth-order valence-electron chi connectivity index (χ4n) is 3.13. The third kappa shape index (κ3) is 3.82. The van der Waals surface area contributed by atoms with Gasteiger partial charge >= 0.3 is 11.8 Å². The van der Waals surface area contributed by atoms with E-state index in [-0.39, 0.29) is 13.0 Å². The van der Waals surface area contributed by atoms with Crippen molar-refractivity contribution in [3.8, 4) is 5.75 Å². The van der Waals surface area contributed by atoms with E-state index in [4.69, 9.17) is 9.47 Å². The lowest BCUT2D eigenvalue weighted by atomic mass is 10.2. The van der Waals surface area contributed by atoms with Gasteiger partial charge in [0.1, 0.15) is 5.75 Å². The van der Waals surface area contributed by atoms with Crippen molar-refractivity contribution in [1.29, 1.82) is 0 Å². The molecule has 0 amide bonds. The number of aryl methyl sites for hydroxylation is 1. The van der Waals surface area contributed by atoms with Crippen molar-refractivity contribution < 1.29 is 18.7 Å². The molecule has 27 heavy (non-hydrogen) atoms. The van der Waals surface area contributed by atoms with Gasteiger partial charge in [-0.2, -0.15) is 4.39 Å². The van der Waals surface area contributed by atoms with Crippen molar-refractivity contribution in [2.24, 2.45) is 0 Å². The van der Waals surface area contributed by atoms with Gasteiger partial charge in [-0.25, -0.2) is 4.79 Å². The molecule has 5 heteroatoms. The van der Waals surface area contributed by atoms with E-state index in [1.165, 1.54) is 5.56 Å². The summed E-state index contributed by atoms with van der Waals surface area (Å²) in [4.78, 5) is 12.0. The normalized spacial score (nSPS) is 13.3. The minimum Gasteiger partial charge on any atom is -0.461 e. The fourth-order valence-corrected chi connectivity index (χ4v) is 3.13. The predicted octanol–water partition coefficient (Wildman–Crippen LogP) is 5.02. The van der Waals surface area contributed by atoms with Crippen molar-refractivity contribution in [3.63, 3.8) is 0 Å². The van der Waals surface area contributed by atoms with Crippen LogP contribution in [0, 0.1) is 6.92 Å². The van der Waals surface area contributed by atoms with Crippen LogP contribution in [0.3, 0.4) is 0 Å². The third-order valence-corrected chi connectivity index (χ3v) is 4.60. The van der Waals surface area contributed by atoms with E-state index in [0.717, 1.165) is 16.6 Å². The Morgan fingerprint density at radius 1 is 1.11 bits per heavy atom. The van der Waals surface area contributed by atoms with Crippen LogP contribution >= 0.6 is 0 Å². The summed E-state index contributed by atoms with van der Waals surface area (Å²) < 4.78 is 27.6. The van der Waals surface area contributed by atoms with E-state index in [2.05, 4.69) is 16.7 Å². The number of benzene rings is 2. The quantitative estimate of drug-likeness (QED) is 0.549. The Morgan fingerprint density at radius 3 is 2.52 bits per heavy atom. The highest BCUT2D eigenvalue weighted by atomic mass is 19.2. The molecule has 0 aliphatic rings. The average Bonchev–Trinajstić information content (AvgIpc) is 2.99. The van der Waals surface area contributed by atoms with Crippen molar-refractivity contribution >= 4 is 16.9 Å². The van der Waals surface area contributed by atoms with Gasteiger partial charge in [-0.1, -0.05) is 43.3 Å². The van der Waals surface area contributed by atoms with Crippen LogP contribution in [0.4, 0.5) is 4.39 Å². The minimum absolute atomic E-state index is 0.102. The molecular formula is C22H24FNO3. The molecule has 1 unspecified atom stereocenters. The molecule has 3 aromatic rings. The summed E-state index contributed by atoms with van der Waals surface area (Å²) in [5, 5.41) is 0.769. The van der Waals surface area contributed by atoms with E-state index in [0.29, 0.717) is 12.3 Å². The number of rotatable bonds is 7. The number of hydrogen-bond donors (Lipinski definition) is 0. The summed E-state index contributed by atoms with van der Waals surface area (Å²) in [6.45, 7) is 6.00. The molecule has 4 nitrogen and oxygen atoms in total. The van der Waals surface area contributed by atoms with E-state index < -0.39 is 11.8 Å². The molecule has 0 N–H and O–H groups in total. The highest BCUT2D eigenvalue weighted by Gasteiger charge is 2.41. The molecular weight excluding hydrogens is 345 g/mol. The minimum atomic E-state index is -2.50. The van der Waals surface area contributed by atoms with Gasteiger partial charge < -0.3 is 14.0 Å². The maximum atomic E-state index is 15.1. The zero-order chi connectivity index (χ0) is 19.4. The number of nitrogens with zero attached hydrogens (tertiary/aromatic N) is 1. The largest absolute Gasteiger partial charge is 0.461 e. The lowest BCUT2D eigenvalue weighted by Gasteiger charge is -2.23. The molecule has 0 radical (unpaired) electrons. The van der Waals surface area contributed by atoms with Crippen LogP contribution in [0.25, 0.3) is 10.9 Å². The highest BCUT2D eigenvalue weighted by molar-refractivity contribution is 5.88. The summed E-state index contributed by atoms with van der Waals surface area (Å²) in [7, 11) is 0. The van der Waals surface area contributed by atoms with Crippen molar-refractivity contribution in [2.75, 3.05) is 6.61 Å². The van der Waals surface area contributed by atoms with Gasteiger partial charge in [-0.15, -0.1) is 0 Å². The van der Waals surface area contributed by atoms with Crippen molar-refractivity contribution in [1.82, 2.24) is 4.57 Å². The zero-order valence-corrected chi connectivity index (χ0v) is 15.9. The highest BCUT2D eigenvalue weighted by Crippen LogP contribution is 2.33. The number of halogens is 1. The van der Waals surface area contributed by atoms with Crippen LogP contribution in [0.2, 0.25) is 0 Å². The first kappa shape index (κ1) is 19.0. The van der Waals surface area contributed by atoms with Crippen LogP contribution in [0.15, 0.2) is 54.6 Å². The summed E-state index contributed by atoms with van der Waals surface area (Å²) in [5.74, 6) is -3.16. The number of hydrogen-bond acceptors (Lipinski definition) is 3. The topological polar surface area (TPSA) is 40.5 Å². The molecule has 0 spiro atoms. The van der Waals surface area contributed by atoms with Crippen LogP contribution in [0.1, 0.15) is 31.5 Å². The lowest BCUT2D eigenvalue weighted by Crippen LogP contribution is -2.41. The number of aromatic nitrogens is 1. The molecule has 0 fully saturated rings. The summed E-state index contributed by atoms with van der Waals surface area (Å²) in [6.07, 6.45) is -0.133. The smallest absolute Gasteiger partial charge is 0.384 e. The standard InChI is InChI=1S/C22H24FNO3/c1-4-22(23,21(25)26-5-2)27-20-13-9-12-19-18(20)14-16(3)24(19)15-17-10-7-6-8-11-17/h6-14H,4-5,15H2,1-3H3. The van der Waals surface area contributed by atoms with Gasteiger partial charge in [0, 0.05) is 24.0 Å². The molecule has 0 bridgehead atoms. The van der Waals surface area contributed by atoms with Crippen molar-refractivity contribution in [2.45, 2.75) is 39.6 Å². The lowest BCUT2D eigenvalue weighted by molar-refractivity contribution is -0.180. The molecule has 0 saturated heterocycles. The second-order valence-corrected chi connectivity index (χ2v) is 6.45. The Balaban J connectivity index is 1.98. The third-order valence-electron chi connectivity index (χ3n) is 4.60. The first-order valence-corrected chi connectivity index (χ1v) is 9.16. The molecule has 1 aromatic heterocycles. The maximum absolute atomic E-state index is 15.1.